The Labute approximate surface area is 164 Å². The van der Waals surface area contributed by atoms with Gasteiger partial charge in [-0.3, -0.25) is 9.36 Å². The second kappa shape index (κ2) is 9.01. The predicted octanol–water partition coefficient (Wildman–Crippen LogP) is 2.42. The van der Waals surface area contributed by atoms with E-state index in [-0.39, 0.29) is 17.3 Å². The Morgan fingerprint density at radius 2 is 2.11 bits per heavy atom. The second-order valence-corrected chi connectivity index (χ2v) is 7.87. The molecule has 7 nitrogen and oxygen atoms in total. The van der Waals surface area contributed by atoms with Gasteiger partial charge in [0.25, 0.3) is 5.91 Å². The normalized spacial score (nSPS) is 11.9. The van der Waals surface area contributed by atoms with Crippen LogP contribution in [0.2, 0.25) is 0 Å². The number of rotatable bonds is 7. The van der Waals surface area contributed by atoms with Crippen LogP contribution < -0.4 is 10.5 Å². The van der Waals surface area contributed by atoms with Crippen LogP contribution in [0, 0.1) is 6.92 Å². The number of carbonyl (C=O) groups is 1. The molecule has 1 aromatic carbocycles. The lowest BCUT2D eigenvalue weighted by Crippen LogP contribution is -2.18. The summed E-state index contributed by atoms with van der Waals surface area (Å²) in [5.41, 5.74) is 2.12. The van der Waals surface area contributed by atoms with E-state index in [1.807, 2.05) is 23.1 Å². The number of hydrogen-bond donors (Lipinski definition) is 1. The van der Waals surface area contributed by atoms with Gasteiger partial charge >= 0.3 is 5.69 Å². The summed E-state index contributed by atoms with van der Waals surface area (Å²) in [7, 11) is 0. The molecule has 0 unspecified atom stereocenters. The molecule has 27 heavy (non-hydrogen) atoms. The molecule has 0 atom stereocenters. The Hall–Kier alpha value is -2.39. The Morgan fingerprint density at radius 1 is 1.33 bits per heavy atom. The number of H-pyrrole nitrogens is 1. The number of amides is 1. The smallest absolute Gasteiger partial charge is 0.319 e. The number of nitrogens with one attached hydrogen (secondary N) is 1. The summed E-state index contributed by atoms with van der Waals surface area (Å²) < 4.78 is 3.50. The van der Waals surface area contributed by atoms with Crippen molar-refractivity contribution >= 4 is 29.0 Å². The van der Waals surface area contributed by atoms with Gasteiger partial charge in [-0.05, 0) is 18.9 Å². The van der Waals surface area contributed by atoms with Crippen molar-refractivity contribution in [2.75, 3.05) is 5.75 Å². The van der Waals surface area contributed by atoms with Crippen molar-refractivity contribution in [3.05, 3.63) is 62.3 Å². The van der Waals surface area contributed by atoms with Crippen LogP contribution in [0.15, 0.2) is 50.8 Å². The highest BCUT2D eigenvalue weighted by Crippen LogP contribution is 2.13. The standard InChI is InChI=1S/C18H21N5O2S2/c1-3-8-23-16(25)20-21-18(23)27-12-15(24)19-17-22(9-10-26-17)11-14-6-4-13(2)5-7-14/h4-7,9-10H,3,8,11-12H2,1-2H3,(H,20,25). The first-order chi connectivity index (χ1) is 13.1. The lowest BCUT2D eigenvalue weighted by atomic mass is 10.1. The van der Waals surface area contributed by atoms with Gasteiger partial charge in [-0.15, -0.1) is 16.4 Å². The van der Waals surface area contributed by atoms with Crippen LogP contribution in [0.5, 0.6) is 0 Å². The highest BCUT2D eigenvalue weighted by molar-refractivity contribution is 7.99. The maximum Gasteiger partial charge on any atom is 0.343 e. The average Bonchev–Trinajstić information content (AvgIpc) is 3.23. The van der Waals surface area contributed by atoms with Gasteiger partial charge in [-0.2, -0.15) is 4.99 Å². The summed E-state index contributed by atoms with van der Waals surface area (Å²) in [6.07, 6.45) is 2.75. The van der Waals surface area contributed by atoms with E-state index in [9.17, 15) is 9.59 Å². The largest absolute Gasteiger partial charge is 0.343 e. The molecular weight excluding hydrogens is 382 g/mol. The molecule has 2 heterocycles. The molecule has 9 heteroatoms. The molecule has 0 aliphatic heterocycles. The molecule has 0 aliphatic carbocycles. The van der Waals surface area contributed by atoms with E-state index in [1.165, 1.54) is 28.7 Å². The molecule has 0 radical (unpaired) electrons. The Kier molecular flexibility index (Phi) is 6.46. The van der Waals surface area contributed by atoms with Crippen molar-refractivity contribution in [1.29, 1.82) is 0 Å². The second-order valence-electron chi connectivity index (χ2n) is 6.06. The van der Waals surface area contributed by atoms with Gasteiger partial charge in [0.15, 0.2) is 9.96 Å². The zero-order valence-electron chi connectivity index (χ0n) is 15.2. The molecule has 2 aromatic heterocycles. The Balaban J connectivity index is 1.68. The highest BCUT2D eigenvalue weighted by atomic mass is 32.2. The van der Waals surface area contributed by atoms with E-state index in [0.717, 1.165) is 12.0 Å². The van der Waals surface area contributed by atoms with Crippen molar-refractivity contribution in [2.45, 2.75) is 38.5 Å². The lowest BCUT2D eigenvalue weighted by molar-refractivity contribution is -0.115. The number of aromatic nitrogens is 4. The number of hydrogen-bond acceptors (Lipinski definition) is 5. The quantitative estimate of drug-likeness (QED) is 0.614. The number of benzene rings is 1. The molecule has 0 fully saturated rings. The van der Waals surface area contributed by atoms with Crippen LogP contribution in [-0.2, 0) is 17.9 Å². The minimum Gasteiger partial charge on any atom is -0.319 e. The van der Waals surface area contributed by atoms with Gasteiger partial charge in [0.2, 0.25) is 0 Å². The van der Waals surface area contributed by atoms with Crippen LogP contribution in [-0.4, -0.2) is 31.0 Å². The van der Waals surface area contributed by atoms with Crippen LogP contribution in [0.25, 0.3) is 0 Å². The van der Waals surface area contributed by atoms with E-state index in [0.29, 0.717) is 23.0 Å². The molecule has 0 saturated carbocycles. The molecule has 0 bridgehead atoms. The van der Waals surface area contributed by atoms with Crippen LogP contribution in [0.4, 0.5) is 0 Å². The number of thioether (sulfide) groups is 1. The monoisotopic (exact) mass is 403 g/mol. The minimum absolute atomic E-state index is 0.135. The summed E-state index contributed by atoms with van der Waals surface area (Å²) in [5, 5.41) is 8.83. The first-order valence-electron chi connectivity index (χ1n) is 8.62. The third kappa shape index (κ3) is 5.08. The highest BCUT2D eigenvalue weighted by Gasteiger charge is 2.10. The predicted molar refractivity (Wildman–Crippen MR) is 107 cm³/mol. The fraction of sp³-hybridized carbons (Fsp3) is 0.333. The summed E-state index contributed by atoms with van der Waals surface area (Å²) in [5.74, 6) is -0.116. The molecule has 0 aliphatic rings. The maximum absolute atomic E-state index is 12.3. The van der Waals surface area contributed by atoms with Crippen LogP contribution >= 0.6 is 23.1 Å². The maximum atomic E-state index is 12.3. The lowest BCUT2D eigenvalue weighted by Gasteiger charge is -2.04. The summed E-state index contributed by atoms with van der Waals surface area (Å²) in [6, 6.07) is 8.29. The number of aryl methyl sites for hydroxylation is 1. The first kappa shape index (κ1) is 19.4. The van der Waals surface area contributed by atoms with Crippen molar-refractivity contribution < 1.29 is 4.79 Å². The van der Waals surface area contributed by atoms with Gasteiger partial charge in [0.1, 0.15) is 0 Å². The van der Waals surface area contributed by atoms with E-state index in [4.69, 9.17) is 0 Å². The summed E-state index contributed by atoms with van der Waals surface area (Å²) in [6.45, 7) is 5.28. The van der Waals surface area contributed by atoms with Crippen molar-refractivity contribution in [3.8, 4) is 0 Å². The number of thiazole rings is 1. The molecular formula is C18H21N5O2S2. The van der Waals surface area contributed by atoms with Gasteiger partial charge in [0, 0.05) is 24.7 Å². The van der Waals surface area contributed by atoms with Crippen molar-refractivity contribution in [2.24, 2.45) is 4.99 Å². The summed E-state index contributed by atoms with van der Waals surface area (Å²) >= 11 is 2.65. The van der Waals surface area contributed by atoms with Crippen molar-refractivity contribution in [1.82, 2.24) is 19.3 Å². The van der Waals surface area contributed by atoms with E-state index >= 15 is 0 Å². The third-order valence-corrected chi connectivity index (χ3v) is 5.60. The SMILES string of the molecule is CCCn1c(SCC(=O)N=c2sccn2Cc2ccc(C)cc2)n[nH]c1=O. The molecule has 142 valence electrons. The number of carbonyl (C=O) groups excluding carboxylic acids is 1. The molecule has 0 spiro atoms. The number of aromatic amines is 1. The van der Waals surface area contributed by atoms with Gasteiger partial charge in [0.05, 0.1) is 5.75 Å². The molecule has 0 saturated heterocycles. The topological polar surface area (TPSA) is 85.0 Å². The van der Waals surface area contributed by atoms with Gasteiger partial charge in [-0.25, -0.2) is 9.89 Å². The van der Waals surface area contributed by atoms with Crippen molar-refractivity contribution in [3.63, 3.8) is 0 Å². The zero-order valence-corrected chi connectivity index (χ0v) is 16.8. The van der Waals surface area contributed by atoms with Crippen LogP contribution in [0.3, 0.4) is 0 Å². The van der Waals surface area contributed by atoms with E-state index in [1.54, 1.807) is 4.57 Å². The molecule has 1 amide bonds. The average molecular weight is 404 g/mol. The van der Waals surface area contributed by atoms with Gasteiger partial charge < -0.3 is 4.57 Å². The van der Waals surface area contributed by atoms with E-state index < -0.39 is 0 Å². The zero-order chi connectivity index (χ0) is 19.2. The minimum atomic E-state index is -0.252. The first-order valence-corrected chi connectivity index (χ1v) is 10.5. The fourth-order valence-corrected chi connectivity index (χ4v) is 4.00. The third-order valence-electron chi connectivity index (χ3n) is 3.85. The molecule has 1 N–H and O–H groups in total. The van der Waals surface area contributed by atoms with E-state index in [2.05, 4.69) is 46.4 Å². The van der Waals surface area contributed by atoms with Crippen LogP contribution in [0.1, 0.15) is 24.5 Å². The fourth-order valence-electron chi connectivity index (χ4n) is 2.50. The molecule has 3 aromatic rings. The summed E-state index contributed by atoms with van der Waals surface area (Å²) in [4.78, 5) is 28.9. The number of nitrogens with zero attached hydrogens (tertiary/aromatic N) is 4. The Morgan fingerprint density at radius 3 is 2.85 bits per heavy atom. The Bertz CT molecular complexity index is 1030. The molecule has 3 rings (SSSR count). The van der Waals surface area contributed by atoms with Gasteiger partial charge in [-0.1, -0.05) is 48.5 Å².